The van der Waals surface area contributed by atoms with Crippen LogP contribution in [0.1, 0.15) is 18.4 Å². The second-order valence-corrected chi connectivity index (χ2v) is 9.42. The van der Waals surface area contributed by atoms with Crippen LogP contribution in [0.3, 0.4) is 0 Å². The molecular weight excluding hydrogens is 452 g/mol. The van der Waals surface area contributed by atoms with Crippen molar-refractivity contribution in [2.75, 3.05) is 32.8 Å². The number of benzene rings is 1. The molecule has 4 heterocycles. The Balaban J connectivity index is 1.02. The third-order valence-corrected chi connectivity index (χ3v) is 6.66. The topological polar surface area (TPSA) is 68.6 Å². The molecule has 178 valence electrons. The van der Waals surface area contributed by atoms with Gasteiger partial charge in [0, 0.05) is 42.8 Å². The van der Waals surface area contributed by atoms with Crippen LogP contribution >= 0.6 is 11.6 Å². The molecule has 34 heavy (non-hydrogen) atoms. The lowest BCUT2D eigenvalue weighted by Gasteiger charge is -2.35. The molecule has 0 bridgehead atoms. The van der Waals surface area contributed by atoms with Crippen molar-refractivity contribution in [1.82, 2.24) is 19.8 Å². The molecule has 1 aromatic carbocycles. The van der Waals surface area contributed by atoms with Gasteiger partial charge in [0.2, 0.25) is 5.91 Å². The first-order chi connectivity index (χ1) is 16.6. The van der Waals surface area contributed by atoms with E-state index in [0.29, 0.717) is 24.0 Å². The first-order valence-electron chi connectivity index (χ1n) is 11.8. The van der Waals surface area contributed by atoms with Crippen molar-refractivity contribution in [2.24, 2.45) is 5.92 Å². The number of carbonyl (C=O) groups is 1. The van der Waals surface area contributed by atoms with Crippen LogP contribution in [0.5, 0.6) is 11.5 Å². The van der Waals surface area contributed by atoms with Crippen molar-refractivity contribution in [3.8, 4) is 17.3 Å². The van der Waals surface area contributed by atoms with Crippen molar-refractivity contribution in [2.45, 2.75) is 25.4 Å². The van der Waals surface area contributed by atoms with Crippen molar-refractivity contribution < 1.29 is 14.3 Å². The Hall–Kier alpha value is -3.03. The van der Waals surface area contributed by atoms with E-state index in [1.807, 2.05) is 59.4 Å². The number of likely N-dealkylation sites (tertiary alicyclic amines) is 1. The van der Waals surface area contributed by atoms with Gasteiger partial charge in [0.1, 0.15) is 18.5 Å². The number of pyridine rings is 1. The van der Waals surface area contributed by atoms with E-state index in [0.717, 1.165) is 61.9 Å². The maximum Gasteiger partial charge on any atom is 0.224 e. The molecule has 0 aliphatic carbocycles. The molecule has 1 unspecified atom stereocenters. The van der Waals surface area contributed by atoms with Crippen molar-refractivity contribution in [3.63, 3.8) is 0 Å². The molecule has 2 aromatic heterocycles. The van der Waals surface area contributed by atoms with E-state index in [1.54, 1.807) is 6.20 Å². The predicted octanol–water partition coefficient (Wildman–Crippen LogP) is 3.74. The number of ether oxygens (including phenoxy) is 2. The van der Waals surface area contributed by atoms with Crippen LogP contribution in [0.15, 0.2) is 61.1 Å². The molecule has 2 aliphatic heterocycles. The highest BCUT2D eigenvalue weighted by molar-refractivity contribution is 6.30. The summed E-state index contributed by atoms with van der Waals surface area (Å²) in [6.45, 7) is 4.08. The molecule has 3 aromatic rings. The summed E-state index contributed by atoms with van der Waals surface area (Å²) in [6.07, 6.45) is 8.14. The molecule has 0 radical (unpaired) electrons. The van der Waals surface area contributed by atoms with Crippen LogP contribution in [0.4, 0.5) is 0 Å². The molecule has 0 saturated carbocycles. The minimum Gasteiger partial charge on any atom is -0.486 e. The summed E-state index contributed by atoms with van der Waals surface area (Å²) < 4.78 is 13.9. The zero-order valence-electron chi connectivity index (χ0n) is 19.0. The van der Waals surface area contributed by atoms with E-state index in [9.17, 15) is 4.79 Å². The average Bonchev–Trinajstić information content (AvgIpc) is 3.39. The second kappa shape index (κ2) is 10.5. The highest BCUT2D eigenvalue weighted by Crippen LogP contribution is 2.34. The third-order valence-electron chi connectivity index (χ3n) is 6.42. The fourth-order valence-corrected chi connectivity index (χ4v) is 4.67. The van der Waals surface area contributed by atoms with Crippen LogP contribution in [-0.2, 0) is 11.2 Å². The summed E-state index contributed by atoms with van der Waals surface area (Å²) in [5.41, 5.74) is 0.917. The summed E-state index contributed by atoms with van der Waals surface area (Å²) in [7, 11) is 0. The van der Waals surface area contributed by atoms with Gasteiger partial charge in [0.25, 0.3) is 0 Å². The first-order valence-corrected chi connectivity index (χ1v) is 12.2. The van der Waals surface area contributed by atoms with Crippen LogP contribution < -0.4 is 14.8 Å². The van der Waals surface area contributed by atoms with E-state index in [2.05, 4.69) is 15.2 Å². The summed E-state index contributed by atoms with van der Waals surface area (Å²) >= 11 is 6.08. The van der Waals surface area contributed by atoms with E-state index < -0.39 is 0 Å². The number of amides is 1. The fourth-order valence-electron chi connectivity index (χ4n) is 4.51. The Bertz CT molecular complexity index is 1100. The number of hydrogen-bond donors (Lipinski definition) is 1. The third kappa shape index (κ3) is 5.72. The Morgan fingerprint density at radius 1 is 1.12 bits per heavy atom. The van der Waals surface area contributed by atoms with Gasteiger partial charge in [-0.15, -0.1) is 0 Å². The standard InChI is InChI=1S/C26H29ClN4O3/c27-21-4-5-23-24(14-21)34-22(18-33-23)17-30-11-7-19(8-12-30)15-29-26(32)13-20-3-6-25(28-16-20)31-9-1-2-10-31/h1-6,9-10,14,16,19,22H,7-8,11-13,15,17-18H2,(H,29,32). The van der Waals surface area contributed by atoms with Gasteiger partial charge in [0.05, 0.1) is 6.42 Å². The molecule has 1 N–H and O–H groups in total. The molecular formula is C26H29ClN4O3. The number of carbonyl (C=O) groups excluding carboxylic acids is 1. The van der Waals surface area contributed by atoms with Gasteiger partial charge in [-0.2, -0.15) is 0 Å². The molecule has 1 atom stereocenters. The number of halogens is 1. The lowest BCUT2D eigenvalue weighted by atomic mass is 9.96. The van der Waals surface area contributed by atoms with Crippen molar-refractivity contribution >= 4 is 17.5 Å². The zero-order chi connectivity index (χ0) is 23.3. The SMILES string of the molecule is O=C(Cc1ccc(-n2cccc2)nc1)NCC1CCN(CC2COc3ccc(Cl)cc3O2)CC1. The van der Waals surface area contributed by atoms with E-state index in [4.69, 9.17) is 21.1 Å². The zero-order valence-corrected chi connectivity index (χ0v) is 19.8. The number of fused-ring (bicyclic) bond motifs is 1. The number of rotatable bonds is 7. The summed E-state index contributed by atoms with van der Waals surface area (Å²) in [5.74, 6) is 2.86. The molecule has 5 rings (SSSR count). The van der Waals surface area contributed by atoms with Gasteiger partial charge in [-0.1, -0.05) is 17.7 Å². The van der Waals surface area contributed by atoms with Gasteiger partial charge in [-0.05, 0) is 67.7 Å². The van der Waals surface area contributed by atoms with Crippen LogP contribution in [0.25, 0.3) is 5.82 Å². The fraction of sp³-hybridized carbons (Fsp3) is 0.385. The lowest BCUT2D eigenvalue weighted by molar-refractivity contribution is -0.120. The van der Waals surface area contributed by atoms with Gasteiger partial charge in [-0.25, -0.2) is 4.98 Å². The van der Waals surface area contributed by atoms with E-state index in [-0.39, 0.29) is 12.0 Å². The number of nitrogens with one attached hydrogen (secondary N) is 1. The Kier molecular flexibility index (Phi) is 7.02. The number of piperidine rings is 1. The first kappa shape index (κ1) is 22.7. The Morgan fingerprint density at radius 3 is 2.71 bits per heavy atom. The molecule has 1 saturated heterocycles. The summed E-state index contributed by atoms with van der Waals surface area (Å²) in [4.78, 5) is 19.3. The van der Waals surface area contributed by atoms with Gasteiger partial charge >= 0.3 is 0 Å². The van der Waals surface area contributed by atoms with Gasteiger partial charge < -0.3 is 19.4 Å². The number of hydrogen-bond acceptors (Lipinski definition) is 5. The Morgan fingerprint density at radius 2 is 1.94 bits per heavy atom. The number of nitrogens with zero attached hydrogens (tertiary/aromatic N) is 3. The minimum atomic E-state index is -0.000250. The van der Waals surface area contributed by atoms with Crippen LogP contribution in [0, 0.1) is 5.92 Å². The highest BCUT2D eigenvalue weighted by atomic mass is 35.5. The maximum atomic E-state index is 12.4. The summed E-state index contributed by atoms with van der Waals surface area (Å²) in [5, 5.41) is 3.76. The second-order valence-electron chi connectivity index (χ2n) is 8.98. The van der Waals surface area contributed by atoms with Gasteiger partial charge in [-0.3, -0.25) is 9.69 Å². The predicted molar refractivity (Wildman–Crippen MR) is 131 cm³/mol. The van der Waals surface area contributed by atoms with Gasteiger partial charge in [0.15, 0.2) is 11.5 Å². The largest absolute Gasteiger partial charge is 0.486 e. The normalized spacial score (nSPS) is 18.6. The minimum absolute atomic E-state index is 0.000250. The van der Waals surface area contributed by atoms with E-state index >= 15 is 0 Å². The maximum absolute atomic E-state index is 12.4. The molecule has 1 amide bonds. The molecule has 7 nitrogen and oxygen atoms in total. The lowest BCUT2D eigenvalue weighted by Crippen LogP contribution is -2.45. The van der Waals surface area contributed by atoms with Crippen molar-refractivity contribution in [1.29, 1.82) is 0 Å². The monoisotopic (exact) mass is 480 g/mol. The quantitative estimate of drug-likeness (QED) is 0.558. The molecule has 2 aliphatic rings. The van der Waals surface area contributed by atoms with Crippen molar-refractivity contribution in [3.05, 3.63) is 71.6 Å². The highest BCUT2D eigenvalue weighted by Gasteiger charge is 2.26. The molecule has 0 spiro atoms. The van der Waals surface area contributed by atoms with Crippen LogP contribution in [-0.4, -0.2) is 59.2 Å². The Labute approximate surface area is 204 Å². The van der Waals surface area contributed by atoms with Crippen LogP contribution in [0.2, 0.25) is 5.02 Å². The molecule has 1 fully saturated rings. The summed E-state index contributed by atoms with van der Waals surface area (Å²) in [6, 6.07) is 13.3. The average molecular weight is 481 g/mol. The number of aromatic nitrogens is 2. The smallest absolute Gasteiger partial charge is 0.224 e. The molecule has 8 heteroatoms. The van der Waals surface area contributed by atoms with E-state index in [1.165, 1.54) is 0 Å².